The molecule has 3 N–H and O–H groups in total. The number of primary amides is 1. The number of piperidine rings is 2. The van der Waals surface area contributed by atoms with Crippen molar-refractivity contribution in [1.29, 1.82) is 0 Å². The average molecular weight is 437 g/mol. The highest BCUT2D eigenvalue weighted by molar-refractivity contribution is 5.96. The predicted octanol–water partition coefficient (Wildman–Crippen LogP) is 3.32. The Morgan fingerprint density at radius 1 is 1.03 bits per heavy atom. The molecule has 0 aliphatic carbocycles. The van der Waals surface area contributed by atoms with E-state index in [-0.39, 0.29) is 11.8 Å². The van der Waals surface area contributed by atoms with Crippen molar-refractivity contribution < 1.29 is 9.53 Å². The van der Waals surface area contributed by atoms with Gasteiger partial charge in [0.1, 0.15) is 17.7 Å². The molecule has 0 spiro atoms. The number of carbonyl (C=O) groups is 1. The maximum absolute atomic E-state index is 11.9. The van der Waals surface area contributed by atoms with Gasteiger partial charge in [-0.05, 0) is 75.8 Å². The molecule has 1 aromatic carbocycles. The number of hydrogen-bond donors (Lipinski definition) is 2. The van der Waals surface area contributed by atoms with Crippen molar-refractivity contribution in [1.82, 2.24) is 14.9 Å². The molecule has 0 radical (unpaired) electrons. The van der Waals surface area contributed by atoms with Gasteiger partial charge in [-0.1, -0.05) is 0 Å². The van der Waals surface area contributed by atoms with Gasteiger partial charge in [0.15, 0.2) is 11.5 Å². The second kappa shape index (κ2) is 9.32. The van der Waals surface area contributed by atoms with Gasteiger partial charge >= 0.3 is 0 Å². The molecule has 5 rings (SSSR count). The number of benzene rings is 1. The van der Waals surface area contributed by atoms with Gasteiger partial charge in [-0.15, -0.1) is 0 Å². The lowest BCUT2D eigenvalue weighted by Gasteiger charge is -2.34. The number of nitrogens with one attached hydrogen (secondary N) is 1. The lowest BCUT2D eigenvalue weighted by atomic mass is 10.00. The monoisotopic (exact) mass is 436 g/mol. The van der Waals surface area contributed by atoms with Crippen molar-refractivity contribution in [3.8, 4) is 5.75 Å². The van der Waals surface area contributed by atoms with Crippen LogP contribution in [0.2, 0.25) is 0 Å². The summed E-state index contributed by atoms with van der Waals surface area (Å²) in [6.45, 7) is 4.29. The summed E-state index contributed by atoms with van der Waals surface area (Å²) in [5, 5.41) is 3.23. The van der Waals surface area contributed by atoms with Crippen LogP contribution in [0, 0.1) is 0 Å². The number of nitrogens with zero attached hydrogens (tertiary/aromatic N) is 4. The minimum absolute atomic E-state index is 0.148. The molecule has 3 aliphatic rings. The fraction of sp³-hybridized carbons (Fsp3) is 0.542. The highest BCUT2D eigenvalue weighted by Crippen LogP contribution is 2.30. The number of ether oxygens (including phenoxy) is 1. The summed E-state index contributed by atoms with van der Waals surface area (Å²) >= 11 is 0. The first-order chi connectivity index (χ1) is 15.7. The molecule has 170 valence electrons. The van der Waals surface area contributed by atoms with E-state index in [4.69, 9.17) is 10.5 Å². The van der Waals surface area contributed by atoms with Crippen LogP contribution in [-0.2, 0) is 0 Å². The van der Waals surface area contributed by atoms with Crippen LogP contribution in [0.3, 0.4) is 0 Å². The van der Waals surface area contributed by atoms with E-state index in [1.54, 1.807) is 6.20 Å². The van der Waals surface area contributed by atoms with E-state index in [2.05, 4.69) is 25.1 Å². The molecule has 2 aromatic rings. The Kier molecular flexibility index (Phi) is 6.12. The molecule has 3 saturated heterocycles. The number of carbonyl (C=O) groups excluding carboxylic acids is 1. The topological polar surface area (TPSA) is 96.6 Å². The van der Waals surface area contributed by atoms with Gasteiger partial charge in [0.2, 0.25) is 0 Å². The van der Waals surface area contributed by atoms with Crippen molar-refractivity contribution in [3.05, 3.63) is 36.2 Å². The lowest BCUT2D eigenvalue weighted by molar-refractivity contribution is 0.0787. The third kappa shape index (κ3) is 4.65. The van der Waals surface area contributed by atoms with E-state index in [0.717, 1.165) is 62.6 Å². The molecule has 2 atom stereocenters. The van der Waals surface area contributed by atoms with Crippen molar-refractivity contribution in [2.24, 2.45) is 5.73 Å². The van der Waals surface area contributed by atoms with Crippen LogP contribution in [0.15, 0.2) is 30.5 Å². The molecule has 8 heteroatoms. The van der Waals surface area contributed by atoms with Crippen LogP contribution in [0.5, 0.6) is 5.75 Å². The molecule has 0 bridgehead atoms. The van der Waals surface area contributed by atoms with Crippen LogP contribution >= 0.6 is 0 Å². The van der Waals surface area contributed by atoms with Crippen LogP contribution in [0.1, 0.15) is 55.4 Å². The van der Waals surface area contributed by atoms with Gasteiger partial charge in [-0.2, -0.15) is 0 Å². The van der Waals surface area contributed by atoms with Crippen molar-refractivity contribution in [2.75, 3.05) is 36.4 Å². The van der Waals surface area contributed by atoms with Crippen LogP contribution in [-0.4, -0.2) is 59.1 Å². The average Bonchev–Trinajstić information content (AvgIpc) is 3.29. The number of anilines is 3. The maximum atomic E-state index is 11.9. The molecule has 4 heterocycles. The quantitative estimate of drug-likeness (QED) is 0.717. The van der Waals surface area contributed by atoms with Gasteiger partial charge < -0.3 is 25.6 Å². The Labute approximate surface area is 189 Å². The summed E-state index contributed by atoms with van der Waals surface area (Å²) in [4.78, 5) is 25.7. The van der Waals surface area contributed by atoms with Gasteiger partial charge in [0.05, 0.1) is 6.20 Å². The fourth-order valence-electron chi connectivity index (χ4n) is 5.16. The summed E-state index contributed by atoms with van der Waals surface area (Å²) in [6.07, 6.45) is 10.2. The van der Waals surface area contributed by atoms with Gasteiger partial charge in [-0.3, -0.25) is 4.79 Å². The highest BCUT2D eigenvalue weighted by atomic mass is 16.5. The third-order valence-electron chi connectivity index (χ3n) is 6.87. The Morgan fingerprint density at radius 3 is 2.62 bits per heavy atom. The van der Waals surface area contributed by atoms with E-state index in [0.29, 0.717) is 11.9 Å². The molecule has 1 amide bonds. The first kappa shape index (κ1) is 21.0. The molecule has 1 aromatic heterocycles. The minimum Gasteiger partial charge on any atom is -0.490 e. The zero-order valence-corrected chi connectivity index (χ0v) is 18.5. The Bertz CT molecular complexity index is 944. The van der Waals surface area contributed by atoms with E-state index in [1.807, 2.05) is 24.3 Å². The van der Waals surface area contributed by atoms with Crippen molar-refractivity contribution in [2.45, 2.75) is 57.1 Å². The SMILES string of the molecule is NC(=O)c1ncc(N2CCCCC2)nc1Nc1ccc(OC2CCN3CCCC3C2)cc1. The molecular formula is C24H32N6O2. The smallest absolute Gasteiger partial charge is 0.271 e. The van der Waals surface area contributed by atoms with E-state index >= 15 is 0 Å². The molecule has 3 aliphatic heterocycles. The number of aromatic nitrogens is 2. The molecule has 0 saturated carbocycles. The summed E-state index contributed by atoms with van der Waals surface area (Å²) in [6, 6.07) is 8.51. The number of rotatable bonds is 6. The van der Waals surface area contributed by atoms with Gasteiger partial charge in [-0.25, -0.2) is 9.97 Å². The normalized spacial score (nSPS) is 23.6. The van der Waals surface area contributed by atoms with Crippen molar-refractivity contribution in [3.63, 3.8) is 0 Å². The zero-order chi connectivity index (χ0) is 21.9. The fourth-order valence-corrected chi connectivity index (χ4v) is 5.16. The predicted molar refractivity (Wildman–Crippen MR) is 125 cm³/mol. The minimum atomic E-state index is -0.594. The molecule has 32 heavy (non-hydrogen) atoms. The standard InChI is InChI=1S/C24H32N6O2/c25-23(31)22-24(28-21(16-26-22)30-11-2-1-3-12-30)27-17-6-8-19(9-7-17)32-20-10-14-29-13-4-5-18(29)15-20/h6-9,16,18,20H,1-5,10-15H2,(H2,25,31)(H,27,28). The van der Waals surface area contributed by atoms with E-state index < -0.39 is 5.91 Å². The molecular weight excluding hydrogens is 404 g/mol. The van der Waals surface area contributed by atoms with Crippen LogP contribution < -0.4 is 20.7 Å². The van der Waals surface area contributed by atoms with Crippen molar-refractivity contribution >= 4 is 23.2 Å². The molecule has 2 unspecified atom stereocenters. The van der Waals surface area contributed by atoms with Gasteiger partial charge in [0, 0.05) is 31.4 Å². The number of nitrogens with two attached hydrogens (primary N) is 1. The summed E-state index contributed by atoms with van der Waals surface area (Å²) in [5.41, 5.74) is 6.51. The second-order valence-electron chi connectivity index (χ2n) is 9.08. The largest absolute Gasteiger partial charge is 0.490 e. The maximum Gasteiger partial charge on any atom is 0.271 e. The highest BCUT2D eigenvalue weighted by Gasteiger charge is 2.32. The lowest BCUT2D eigenvalue weighted by Crippen LogP contribution is -2.42. The summed E-state index contributed by atoms with van der Waals surface area (Å²) in [7, 11) is 0. The van der Waals surface area contributed by atoms with E-state index in [9.17, 15) is 4.79 Å². The number of fused-ring (bicyclic) bond motifs is 1. The Hall–Kier alpha value is -2.87. The molecule has 3 fully saturated rings. The second-order valence-corrected chi connectivity index (χ2v) is 9.08. The zero-order valence-electron chi connectivity index (χ0n) is 18.5. The third-order valence-corrected chi connectivity index (χ3v) is 6.87. The van der Waals surface area contributed by atoms with Gasteiger partial charge in [0.25, 0.3) is 5.91 Å². The van der Waals surface area contributed by atoms with E-state index in [1.165, 1.54) is 25.8 Å². The van der Waals surface area contributed by atoms with Crippen LogP contribution in [0.4, 0.5) is 17.3 Å². The summed E-state index contributed by atoms with van der Waals surface area (Å²) < 4.78 is 6.27. The Morgan fingerprint density at radius 2 is 1.84 bits per heavy atom. The number of hydrogen-bond acceptors (Lipinski definition) is 7. The molecule has 8 nitrogen and oxygen atoms in total. The summed E-state index contributed by atoms with van der Waals surface area (Å²) in [5.74, 6) is 1.44. The number of amides is 1. The Balaban J connectivity index is 1.26. The first-order valence-electron chi connectivity index (χ1n) is 11.9. The first-order valence-corrected chi connectivity index (χ1v) is 11.9. The van der Waals surface area contributed by atoms with Crippen LogP contribution in [0.25, 0.3) is 0 Å².